The van der Waals surface area contributed by atoms with E-state index in [1.165, 1.54) is 0 Å². The normalized spacial score (nSPS) is 12.5. The first-order chi connectivity index (χ1) is 6.67. The summed E-state index contributed by atoms with van der Waals surface area (Å²) in [5, 5.41) is 9.45. The fourth-order valence-corrected chi connectivity index (χ4v) is 0.963. The van der Waals surface area contributed by atoms with Crippen molar-refractivity contribution >= 4 is 11.7 Å². The van der Waals surface area contributed by atoms with Gasteiger partial charge in [0.1, 0.15) is 0 Å². The molecule has 0 radical (unpaired) electrons. The molecule has 1 atom stereocenters. The Kier molecular flexibility index (Phi) is 3.64. The number of rotatable bonds is 4. The summed E-state index contributed by atoms with van der Waals surface area (Å²) in [5.74, 6) is 0.283. The summed E-state index contributed by atoms with van der Waals surface area (Å²) in [7, 11) is 0. The van der Waals surface area contributed by atoms with Gasteiger partial charge in [-0.2, -0.15) is 5.10 Å². The van der Waals surface area contributed by atoms with Crippen molar-refractivity contribution < 1.29 is 4.79 Å². The molecule has 0 aliphatic rings. The van der Waals surface area contributed by atoms with Gasteiger partial charge >= 0.3 is 0 Å². The van der Waals surface area contributed by atoms with Gasteiger partial charge in [-0.15, -0.1) is 0 Å². The average molecular weight is 196 g/mol. The van der Waals surface area contributed by atoms with E-state index in [0.717, 1.165) is 12.1 Å². The van der Waals surface area contributed by atoms with Crippen molar-refractivity contribution in [3.05, 3.63) is 11.8 Å². The zero-order valence-electron chi connectivity index (χ0n) is 8.50. The fraction of sp³-hybridized carbons (Fsp3) is 0.556. The number of hydrogen-bond donors (Lipinski definition) is 3. The maximum absolute atomic E-state index is 11.4. The second-order valence-corrected chi connectivity index (χ2v) is 3.26. The van der Waals surface area contributed by atoms with Crippen LogP contribution in [-0.2, 0) is 11.2 Å². The molecule has 1 amide bonds. The van der Waals surface area contributed by atoms with E-state index in [1.54, 1.807) is 6.92 Å². The number of carbonyl (C=O) groups is 1. The summed E-state index contributed by atoms with van der Waals surface area (Å²) in [6.45, 7) is 4.14. The van der Waals surface area contributed by atoms with E-state index in [1.807, 2.05) is 13.0 Å². The molecule has 0 saturated carbocycles. The standard InChI is InChI=1S/C9H16N4O/c1-3-7-4-8(13-12-7)11-9(14)6(2)5-10/h4,6H,3,5,10H2,1-2H3,(H2,11,12,13,14). The molecule has 1 aromatic rings. The highest BCUT2D eigenvalue weighted by Crippen LogP contribution is 2.07. The van der Waals surface area contributed by atoms with Crippen LogP contribution in [0.1, 0.15) is 19.5 Å². The van der Waals surface area contributed by atoms with Crippen LogP contribution in [0.15, 0.2) is 6.07 Å². The van der Waals surface area contributed by atoms with E-state index >= 15 is 0 Å². The summed E-state index contributed by atoms with van der Waals surface area (Å²) >= 11 is 0. The Hall–Kier alpha value is -1.36. The van der Waals surface area contributed by atoms with Crippen LogP contribution >= 0.6 is 0 Å². The van der Waals surface area contributed by atoms with Crippen LogP contribution in [0.2, 0.25) is 0 Å². The summed E-state index contributed by atoms with van der Waals surface area (Å²) in [6.07, 6.45) is 0.870. The highest BCUT2D eigenvalue weighted by Gasteiger charge is 2.11. The van der Waals surface area contributed by atoms with Gasteiger partial charge in [0.25, 0.3) is 0 Å². The monoisotopic (exact) mass is 196 g/mol. The smallest absolute Gasteiger partial charge is 0.229 e. The van der Waals surface area contributed by atoms with Gasteiger partial charge in [0, 0.05) is 24.2 Å². The predicted octanol–water partition coefficient (Wildman–Crippen LogP) is 0.505. The average Bonchev–Trinajstić information content (AvgIpc) is 2.64. The van der Waals surface area contributed by atoms with E-state index in [4.69, 9.17) is 5.73 Å². The molecular weight excluding hydrogens is 180 g/mol. The molecule has 0 aliphatic heterocycles. The number of H-pyrrole nitrogens is 1. The number of nitrogens with one attached hydrogen (secondary N) is 2. The molecular formula is C9H16N4O. The largest absolute Gasteiger partial charge is 0.330 e. The molecule has 1 rings (SSSR count). The number of hydrogen-bond acceptors (Lipinski definition) is 3. The fourth-order valence-electron chi connectivity index (χ4n) is 0.963. The molecule has 1 unspecified atom stereocenters. The number of anilines is 1. The number of aryl methyl sites for hydroxylation is 1. The lowest BCUT2D eigenvalue weighted by Gasteiger charge is -2.06. The summed E-state index contributed by atoms with van der Waals surface area (Å²) in [5.41, 5.74) is 6.37. The Morgan fingerprint density at radius 1 is 1.79 bits per heavy atom. The Balaban J connectivity index is 2.56. The van der Waals surface area contributed by atoms with E-state index in [2.05, 4.69) is 15.5 Å². The second-order valence-electron chi connectivity index (χ2n) is 3.26. The molecule has 0 aromatic carbocycles. The van der Waals surface area contributed by atoms with Crippen LogP contribution in [0.3, 0.4) is 0 Å². The predicted molar refractivity (Wildman–Crippen MR) is 54.8 cm³/mol. The molecule has 0 aliphatic carbocycles. The molecule has 5 nitrogen and oxygen atoms in total. The van der Waals surface area contributed by atoms with Crippen LogP contribution in [0.5, 0.6) is 0 Å². The molecule has 78 valence electrons. The van der Waals surface area contributed by atoms with Crippen molar-refractivity contribution in [3.63, 3.8) is 0 Å². The quantitative estimate of drug-likeness (QED) is 0.656. The topological polar surface area (TPSA) is 83.8 Å². The van der Waals surface area contributed by atoms with Crippen LogP contribution < -0.4 is 11.1 Å². The van der Waals surface area contributed by atoms with Crippen LogP contribution in [0.4, 0.5) is 5.82 Å². The third-order valence-electron chi connectivity index (χ3n) is 2.06. The number of aromatic nitrogens is 2. The maximum atomic E-state index is 11.4. The molecule has 0 fully saturated rings. The van der Waals surface area contributed by atoms with Gasteiger partial charge in [-0.05, 0) is 6.42 Å². The Labute approximate surface area is 83.1 Å². The summed E-state index contributed by atoms with van der Waals surface area (Å²) < 4.78 is 0. The van der Waals surface area contributed by atoms with Crippen molar-refractivity contribution in [2.24, 2.45) is 11.7 Å². The number of nitrogens with zero attached hydrogens (tertiary/aromatic N) is 1. The minimum Gasteiger partial charge on any atom is -0.330 e. The zero-order chi connectivity index (χ0) is 10.6. The van der Waals surface area contributed by atoms with Gasteiger partial charge in [0.2, 0.25) is 5.91 Å². The van der Waals surface area contributed by atoms with Crippen LogP contribution in [0, 0.1) is 5.92 Å². The number of aromatic amines is 1. The lowest BCUT2D eigenvalue weighted by molar-refractivity contribution is -0.119. The highest BCUT2D eigenvalue weighted by atomic mass is 16.1. The summed E-state index contributed by atoms with van der Waals surface area (Å²) in [4.78, 5) is 11.4. The Morgan fingerprint density at radius 3 is 3.00 bits per heavy atom. The first-order valence-corrected chi connectivity index (χ1v) is 4.72. The van der Waals surface area contributed by atoms with Crippen molar-refractivity contribution in [2.45, 2.75) is 20.3 Å². The number of carbonyl (C=O) groups excluding carboxylic acids is 1. The number of amides is 1. The van der Waals surface area contributed by atoms with Gasteiger partial charge in [0.05, 0.1) is 0 Å². The summed E-state index contributed by atoms with van der Waals surface area (Å²) in [6, 6.07) is 1.82. The molecule has 14 heavy (non-hydrogen) atoms. The van der Waals surface area contributed by atoms with Crippen molar-refractivity contribution in [2.75, 3.05) is 11.9 Å². The zero-order valence-corrected chi connectivity index (χ0v) is 8.50. The SMILES string of the molecule is CCc1cc(NC(=O)C(C)CN)n[nH]1. The molecule has 0 bridgehead atoms. The van der Waals surface area contributed by atoms with Crippen LogP contribution in [0.25, 0.3) is 0 Å². The van der Waals surface area contributed by atoms with Gasteiger partial charge in [-0.3, -0.25) is 9.89 Å². The number of nitrogens with two attached hydrogens (primary N) is 1. The van der Waals surface area contributed by atoms with Crippen molar-refractivity contribution in [3.8, 4) is 0 Å². The lowest BCUT2D eigenvalue weighted by atomic mass is 10.2. The third kappa shape index (κ3) is 2.56. The van der Waals surface area contributed by atoms with Crippen molar-refractivity contribution in [1.82, 2.24) is 10.2 Å². The molecule has 1 heterocycles. The van der Waals surface area contributed by atoms with Crippen LogP contribution in [-0.4, -0.2) is 22.6 Å². The molecule has 0 spiro atoms. The highest BCUT2D eigenvalue weighted by molar-refractivity contribution is 5.91. The van der Waals surface area contributed by atoms with Gasteiger partial charge < -0.3 is 11.1 Å². The maximum Gasteiger partial charge on any atom is 0.229 e. The minimum absolute atomic E-state index is 0.0957. The molecule has 4 N–H and O–H groups in total. The third-order valence-corrected chi connectivity index (χ3v) is 2.06. The first-order valence-electron chi connectivity index (χ1n) is 4.72. The van der Waals surface area contributed by atoms with E-state index in [0.29, 0.717) is 12.4 Å². The van der Waals surface area contributed by atoms with E-state index in [-0.39, 0.29) is 11.8 Å². The molecule has 5 heteroatoms. The van der Waals surface area contributed by atoms with E-state index in [9.17, 15) is 4.79 Å². The second kappa shape index (κ2) is 4.76. The van der Waals surface area contributed by atoms with Crippen molar-refractivity contribution in [1.29, 1.82) is 0 Å². The lowest BCUT2D eigenvalue weighted by Crippen LogP contribution is -2.26. The minimum atomic E-state index is -0.184. The van der Waals surface area contributed by atoms with Gasteiger partial charge in [0.15, 0.2) is 5.82 Å². The Bertz CT molecular complexity index is 308. The van der Waals surface area contributed by atoms with Gasteiger partial charge in [-0.1, -0.05) is 13.8 Å². The van der Waals surface area contributed by atoms with E-state index < -0.39 is 0 Å². The first kappa shape index (κ1) is 10.7. The van der Waals surface area contributed by atoms with Gasteiger partial charge in [-0.25, -0.2) is 0 Å². The molecule has 0 saturated heterocycles. The Morgan fingerprint density at radius 2 is 2.50 bits per heavy atom. The molecule has 1 aromatic heterocycles.